The maximum atomic E-state index is 12.4. The molecule has 6 atom stereocenters. The molecule has 0 aromatic heterocycles. The van der Waals surface area contributed by atoms with Crippen LogP contribution < -0.4 is 4.74 Å². The summed E-state index contributed by atoms with van der Waals surface area (Å²) in [5.74, 6) is -0.0411. The van der Waals surface area contributed by atoms with Crippen LogP contribution in [0.25, 0.3) is 0 Å². The summed E-state index contributed by atoms with van der Waals surface area (Å²) in [6.07, 6.45) is 2.15. The lowest BCUT2D eigenvalue weighted by molar-refractivity contribution is -0.384. The predicted octanol–water partition coefficient (Wildman–Crippen LogP) is 4.03. The Labute approximate surface area is 187 Å². The maximum absolute atomic E-state index is 12.4. The van der Waals surface area contributed by atoms with Gasteiger partial charge in [-0.05, 0) is 58.1 Å². The number of rotatable bonds is 8. The molecule has 0 bridgehead atoms. The third-order valence-corrected chi connectivity index (χ3v) is 6.43. The van der Waals surface area contributed by atoms with Crippen LogP contribution in [0.5, 0.6) is 5.75 Å². The number of nitrogens with zero attached hydrogens (tertiary/aromatic N) is 1. The van der Waals surface area contributed by atoms with E-state index in [9.17, 15) is 20.0 Å². The lowest BCUT2D eigenvalue weighted by Gasteiger charge is -2.43. The number of non-ortho nitro benzene ring substituents is 1. The van der Waals surface area contributed by atoms with Gasteiger partial charge in [0, 0.05) is 31.8 Å². The highest BCUT2D eigenvalue weighted by Gasteiger charge is 2.63. The average molecular weight is 450 g/mol. The largest absolute Gasteiger partial charge is 0.514 e. The third kappa shape index (κ3) is 5.28. The minimum absolute atomic E-state index is 0.00119. The highest BCUT2D eigenvalue weighted by molar-refractivity contribution is 5.64. The topological polar surface area (TPSA) is 121 Å². The second kappa shape index (κ2) is 9.97. The number of methoxy groups -OCH3 is 1. The Bertz CT molecular complexity index is 850. The fourth-order valence-corrected chi connectivity index (χ4v) is 4.72. The first-order chi connectivity index (χ1) is 15.2. The van der Waals surface area contributed by atoms with Crippen LogP contribution in [0.1, 0.15) is 40.0 Å². The number of epoxide rings is 1. The van der Waals surface area contributed by atoms with Crippen molar-refractivity contribution in [3.8, 4) is 5.75 Å². The van der Waals surface area contributed by atoms with Crippen LogP contribution in [0, 0.1) is 22.0 Å². The van der Waals surface area contributed by atoms with Gasteiger partial charge in [-0.25, -0.2) is 4.79 Å². The van der Waals surface area contributed by atoms with Crippen molar-refractivity contribution in [3.05, 3.63) is 46.0 Å². The standard InChI is InChI=1S/C23H31NO8/c1-14(2)5-12-19-23(3,32-19)20-15(13-25)6-11-18(21(20)29-4)31-22(26)30-17-9-7-16(8-10-17)24(27)28/h5,7-10,15,18-21,25H,6,11-13H2,1-4H3/t15?,18-,19-,20-,21-,23+/m1/s1. The number of aliphatic hydroxyl groups is 1. The van der Waals surface area contributed by atoms with Gasteiger partial charge in [-0.2, -0.15) is 0 Å². The highest BCUT2D eigenvalue weighted by Crippen LogP contribution is 2.53. The summed E-state index contributed by atoms with van der Waals surface area (Å²) in [4.78, 5) is 22.6. The molecule has 9 nitrogen and oxygen atoms in total. The van der Waals surface area contributed by atoms with E-state index < -0.39 is 28.9 Å². The van der Waals surface area contributed by atoms with Crippen molar-refractivity contribution in [2.24, 2.45) is 11.8 Å². The number of hydrogen-bond donors (Lipinski definition) is 1. The van der Waals surface area contributed by atoms with E-state index in [4.69, 9.17) is 18.9 Å². The molecule has 1 N–H and O–H groups in total. The molecule has 32 heavy (non-hydrogen) atoms. The van der Waals surface area contributed by atoms with Crippen LogP contribution in [0.4, 0.5) is 10.5 Å². The summed E-state index contributed by atoms with van der Waals surface area (Å²) in [5.41, 5.74) is 0.629. The molecule has 2 fully saturated rings. The Balaban J connectivity index is 1.68. The van der Waals surface area contributed by atoms with E-state index in [0.717, 1.165) is 6.42 Å². The van der Waals surface area contributed by atoms with E-state index in [1.54, 1.807) is 7.11 Å². The number of ether oxygens (including phenoxy) is 4. The van der Waals surface area contributed by atoms with Crippen LogP contribution in [-0.2, 0) is 14.2 Å². The van der Waals surface area contributed by atoms with E-state index in [1.165, 1.54) is 29.8 Å². The quantitative estimate of drug-likeness (QED) is 0.158. The van der Waals surface area contributed by atoms with Gasteiger partial charge in [0.15, 0.2) is 0 Å². The summed E-state index contributed by atoms with van der Waals surface area (Å²) in [7, 11) is 1.56. The van der Waals surface area contributed by atoms with Gasteiger partial charge >= 0.3 is 6.16 Å². The number of hydrogen-bond acceptors (Lipinski definition) is 8. The molecule has 1 aliphatic carbocycles. The maximum Gasteiger partial charge on any atom is 0.514 e. The zero-order chi connectivity index (χ0) is 23.5. The van der Waals surface area contributed by atoms with E-state index in [0.29, 0.717) is 12.8 Å². The molecule has 1 aromatic carbocycles. The number of carbonyl (C=O) groups excluding carboxylic acids is 1. The first-order valence-electron chi connectivity index (χ1n) is 10.8. The monoisotopic (exact) mass is 449 g/mol. The minimum Gasteiger partial charge on any atom is -0.428 e. The number of nitro benzene ring substituents is 1. The van der Waals surface area contributed by atoms with Crippen LogP contribution in [-0.4, -0.2) is 53.8 Å². The third-order valence-electron chi connectivity index (χ3n) is 6.43. The Morgan fingerprint density at radius 3 is 2.56 bits per heavy atom. The number of nitro groups is 1. The molecule has 1 unspecified atom stereocenters. The van der Waals surface area contributed by atoms with Gasteiger partial charge < -0.3 is 24.1 Å². The van der Waals surface area contributed by atoms with Crippen LogP contribution >= 0.6 is 0 Å². The smallest absolute Gasteiger partial charge is 0.428 e. The zero-order valence-corrected chi connectivity index (χ0v) is 18.9. The van der Waals surface area contributed by atoms with Gasteiger partial charge in [0.2, 0.25) is 0 Å². The molecule has 0 amide bonds. The van der Waals surface area contributed by atoms with Gasteiger partial charge in [0.05, 0.1) is 16.6 Å². The molecule has 9 heteroatoms. The summed E-state index contributed by atoms with van der Waals surface area (Å²) in [6.45, 7) is 6.09. The Morgan fingerprint density at radius 2 is 2.00 bits per heavy atom. The fourth-order valence-electron chi connectivity index (χ4n) is 4.72. The van der Waals surface area contributed by atoms with Crippen molar-refractivity contribution in [3.63, 3.8) is 0 Å². The van der Waals surface area contributed by atoms with E-state index in [-0.39, 0.29) is 36.0 Å². The number of aliphatic hydroxyl groups excluding tert-OH is 1. The van der Waals surface area contributed by atoms with Crippen molar-refractivity contribution >= 4 is 11.8 Å². The molecule has 1 saturated heterocycles. The minimum atomic E-state index is -0.907. The molecule has 0 radical (unpaired) electrons. The van der Waals surface area contributed by atoms with Crippen molar-refractivity contribution in [1.82, 2.24) is 0 Å². The molecule has 176 valence electrons. The molecular formula is C23H31NO8. The van der Waals surface area contributed by atoms with Crippen molar-refractivity contribution < 1.29 is 33.8 Å². The predicted molar refractivity (Wildman–Crippen MR) is 115 cm³/mol. The summed E-state index contributed by atoms with van der Waals surface area (Å²) < 4.78 is 22.6. The fraction of sp³-hybridized carbons (Fsp3) is 0.609. The number of carbonyl (C=O) groups is 1. The van der Waals surface area contributed by atoms with Crippen molar-refractivity contribution in [2.45, 2.75) is 63.9 Å². The van der Waals surface area contributed by atoms with Crippen molar-refractivity contribution in [1.29, 1.82) is 0 Å². The van der Waals surface area contributed by atoms with E-state index in [2.05, 4.69) is 6.08 Å². The van der Waals surface area contributed by atoms with Crippen LogP contribution in [0.2, 0.25) is 0 Å². The van der Waals surface area contributed by atoms with Gasteiger partial charge in [-0.1, -0.05) is 11.6 Å². The number of benzene rings is 1. The number of allylic oxidation sites excluding steroid dienone is 1. The molecule has 1 aliphatic heterocycles. The Hall–Kier alpha value is -2.49. The van der Waals surface area contributed by atoms with Crippen LogP contribution in [0.15, 0.2) is 35.9 Å². The lowest BCUT2D eigenvalue weighted by Crippen LogP contribution is -2.52. The second-order valence-electron chi connectivity index (χ2n) is 8.81. The molecule has 0 spiro atoms. The Morgan fingerprint density at radius 1 is 1.31 bits per heavy atom. The average Bonchev–Trinajstić information content (AvgIpc) is 3.43. The first-order valence-corrected chi connectivity index (χ1v) is 10.8. The Kier molecular flexibility index (Phi) is 7.53. The molecule has 3 rings (SSSR count). The summed E-state index contributed by atoms with van der Waals surface area (Å²) >= 11 is 0. The van der Waals surface area contributed by atoms with Gasteiger partial charge in [0.1, 0.15) is 18.0 Å². The molecule has 1 aromatic rings. The summed E-state index contributed by atoms with van der Waals surface area (Å²) in [6, 6.07) is 5.18. The lowest BCUT2D eigenvalue weighted by atomic mass is 9.68. The first kappa shape index (κ1) is 24.2. The second-order valence-corrected chi connectivity index (χ2v) is 8.81. The normalized spacial score (nSPS) is 31.5. The molecule has 1 saturated carbocycles. The highest BCUT2D eigenvalue weighted by atomic mass is 16.7. The zero-order valence-electron chi connectivity index (χ0n) is 18.9. The van der Waals surface area contributed by atoms with Gasteiger partial charge in [0.25, 0.3) is 5.69 Å². The molecular weight excluding hydrogens is 418 g/mol. The molecule has 1 heterocycles. The van der Waals surface area contributed by atoms with Crippen molar-refractivity contribution in [2.75, 3.05) is 13.7 Å². The summed E-state index contributed by atoms with van der Waals surface area (Å²) in [5, 5.41) is 20.8. The van der Waals surface area contributed by atoms with E-state index >= 15 is 0 Å². The van der Waals surface area contributed by atoms with Gasteiger partial charge in [-0.15, -0.1) is 0 Å². The van der Waals surface area contributed by atoms with Gasteiger partial charge in [-0.3, -0.25) is 10.1 Å². The van der Waals surface area contributed by atoms with E-state index in [1.807, 2.05) is 20.8 Å². The van der Waals surface area contributed by atoms with Crippen LogP contribution in [0.3, 0.4) is 0 Å². The molecule has 2 aliphatic rings. The SMILES string of the molecule is CO[C@H]1[C@H]([C@@]2(C)O[C@@H]2CC=C(C)C)C(CO)CC[C@H]1OC(=O)Oc1ccc([N+](=O)[O-])cc1.